The van der Waals surface area contributed by atoms with Crippen LogP contribution in [0.5, 0.6) is 5.75 Å². The molecule has 2 heteroatoms. The first-order chi connectivity index (χ1) is 9.15. The molecule has 0 bridgehead atoms. The van der Waals surface area contributed by atoms with Crippen molar-refractivity contribution in [2.24, 2.45) is 5.92 Å². The smallest absolute Gasteiger partial charge is 0.124 e. The van der Waals surface area contributed by atoms with Crippen LogP contribution in [0.4, 0.5) is 0 Å². The molecule has 1 unspecified atom stereocenters. The van der Waals surface area contributed by atoms with E-state index in [0.29, 0.717) is 6.04 Å². The highest BCUT2D eigenvalue weighted by atomic mass is 16.5. The maximum absolute atomic E-state index is 5.63. The van der Waals surface area contributed by atoms with Crippen molar-refractivity contribution in [1.29, 1.82) is 0 Å². The van der Waals surface area contributed by atoms with Gasteiger partial charge in [-0.2, -0.15) is 0 Å². The minimum Gasteiger partial charge on any atom is -0.496 e. The van der Waals surface area contributed by atoms with Gasteiger partial charge in [0, 0.05) is 11.6 Å². The van der Waals surface area contributed by atoms with E-state index in [1.54, 1.807) is 7.11 Å². The van der Waals surface area contributed by atoms with E-state index in [0.717, 1.165) is 18.2 Å². The molecule has 1 aromatic rings. The predicted molar refractivity (Wildman–Crippen MR) is 80.8 cm³/mol. The van der Waals surface area contributed by atoms with Gasteiger partial charge in [0.15, 0.2) is 0 Å². The summed E-state index contributed by atoms with van der Waals surface area (Å²) in [6, 6.07) is 4.88. The molecular formula is C17H27NO. The van der Waals surface area contributed by atoms with E-state index in [9.17, 15) is 0 Å². The van der Waals surface area contributed by atoms with Gasteiger partial charge in [-0.25, -0.2) is 0 Å². The van der Waals surface area contributed by atoms with E-state index in [2.05, 4.69) is 38.2 Å². The fourth-order valence-electron chi connectivity index (χ4n) is 2.86. The third-order valence-electron chi connectivity index (χ3n) is 3.97. The van der Waals surface area contributed by atoms with Crippen LogP contribution in [0.25, 0.3) is 0 Å². The molecule has 0 spiro atoms. The summed E-state index contributed by atoms with van der Waals surface area (Å²) in [4.78, 5) is 0. The molecule has 0 radical (unpaired) electrons. The third-order valence-corrected chi connectivity index (χ3v) is 3.97. The van der Waals surface area contributed by atoms with Crippen molar-refractivity contribution < 1.29 is 4.74 Å². The van der Waals surface area contributed by atoms with Crippen LogP contribution < -0.4 is 10.1 Å². The second-order valence-corrected chi connectivity index (χ2v) is 5.88. The molecule has 106 valence electrons. The van der Waals surface area contributed by atoms with Crippen molar-refractivity contribution in [3.05, 3.63) is 28.8 Å². The molecule has 1 aliphatic rings. The van der Waals surface area contributed by atoms with Crippen molar-refractivity contribution in [3.63, 3.8) is 0 Å². The van der Waals surface area contributed by atoms with Crippen molar-refractivity contribution in [2.45, 2.75) is 52.5 Å². The van der Waals surface area contributed by atoms with Gasteiger partial charge in [0.1, 0.15) is 5.75 Å². The molecule has 1 N–H and O–H groups in total. The van der Waals surface area contributed by atoms with Gasteiger partial charge >= 0.3 is 0 Å². The molecule has 0 heterocycles. The lowest BCUT2D eigenvalue weighted by molar-refractivity contribution is 0.389. The minimum absolute atomic E-state index is 0.447. The minimum atomic E-state index is 0.447. The molecule has 1 aliphatic carbocycles. The van der Waals surface area contributed by atoms with Crippen molar-refractivity contribution in [1.82, 2.24) is 5.32 Å². The first-order valence-electron chi connectivity index (χ1n) is 7.54. The Kier molecular flexibility index (Phi) is 4.87. The van der Waals surface area contributed by atoms with Gasteiger partial charge in [-0.15, -0.1) is 0 Å². The van der Waals surface area contributed by atoms with Crippen LogP contribution in [-0.4, -0.2) is 13.7 Å². The third kappa shape index (κ3) is 3.73. The topological polar surface area (TPSA) is 21.3 Å². The summed E-state index contributed by atoms with van der Waals surface area (Å²) in [6.45, 7) is 7.64. The quantitative estimate of drug-likeness (QED) is 0.796. The Morgan fingerprint density at radius 3 is 2.63 bits per heavy atom. The number of hydrogen-bond acceptors (Lipinski definition) is 2. The van der Waals surface area contributed by atoms with Gasteiger partial charge in [0.25, 0.3) is 0 Å². The molecule has 1 fully saturated rings. The Balaban J connectivity index is 2.27. The zero-order chi connectivity index (χ0) is 13.8. The maximum atomic E-state index is 5.63. The lowest BCUT2D eigenvalue weighted by atomic mass is 9.94. The number of rotatable bonds is 7. The monoisotopic (exact) mass is 261 g/mol. The van der Waals surface area contributed by atoms with Crippen molar-refractivity contribution in [2.75, 3.05) is 13.7 Å². The summed E-state index contributed by atoms with van der Waals surface area (Å²) in [5.74, 6) is 1.96. The number of ether oxygens (including phenoxy) is 1. The number of aryl methyl sites for hydroxylation is 2. The Morgan fingerprint density at radius 1 is 1.32 bits per heavy atom. The van der Waals surface area contributed by atoms with Gasteiger partial charge in [-0.1, -0.05) is 25.8 Å². The van der Waals surface area contributed by atoms with Crippen LogP contribution in [0.2, 0.25) is 0 Å². The lowest BCUT2D eigenvalue weighted by Gasteiger charge is -2.24. The summed E-state index contributed by atoms with van der Waals surface area (Å²) < 4.78 is 5.63. The van der Waals surface area contributed by atoms with Crippen LogP contribution in [0.3, 0.4) is 0 Å². The molecule has 1 saturated carbocycles. The molecule has 0 amide bonds. The molecule has 0 aromatic heterocycles. The van der Waals surface area contributed by atoms with E-state index < -0.39 is 0 Å². The van der Waals surface area contributed by atoms with E-state index >= 15 is 0 Å². The highest BCUT2D eigenvalue weighted by Gasteiger charge is 2.28. The second kappa shape index (κ2) is 6.42. The average molecular weight is 261 g/mol. The summed E-state index contributed by atoms with van der Waals surface area (Å²) in [5.41, 5.74) is 4.00. The normalized spacial score (nSPS) is 16.4. The number of nitrogens with one attached hydrogen (secondary N) is 1. The molecule has 0 aliphatic heterocycles. The fourth-order valence-corrected chi connectivity index (χ4v) is 2.86. The largest absolute Gasteiger partial charge is 0.496 e. The summed E-state index contributed by atoms with van der Waals surface area (Å²) in [7, 11) is 1.78. The first-order valence-corrected chi connectivity index (χ1v) is 7.54. The molecule has 19 heavy (non-hydrogen) atoms. The van der Waals surface area contributed by atoms with Gasteiger partial charge in [-0.05, 0) is 56.3 Å². The van der Waals surface area contributed by atoms with E-state index in [1.165, 1.54) is 42.4 Å². The zero-order valence-corrected chi connectivity index (χ0v) is 12.8. The Bertz CT molecular complexity index is 424. The second-order valence-electron chi connectivity index (χ2n) is 5.88. The molecular weight excluding hydrogens is 234 g/mol. The van der Waals surface area contributed by atoms with Gasteiger partial charge in [0.05, 0.1) is 7.11 Å². The molecule has 1 atom stereocenters. The van der Waals surface area contributed by atoms with Crippen molar-refractivity contribution >= 4 is 0 Å². The first kappa shape index (κ1) is 14.4. The number of benzene rings is 1. The highest BCUT2D eigenvalue weighted by Crippen LogP contribution is 2.41. The summed E-state index contributed by atoms with van der Waals surface area (Å²) in [5, 5.41) is 3.71. The van der Waals surface area contributed by atoms with Crippen LogP contribution in [0, 0.1) is 19.8 Å². The summed E-state index contributed by atoms with van der Waals surface area (Å²) >= 11 is 0. The Hall–Kier alpha value is -1.02. The van der Waals surface area contributed by atoms with Gasteiger partial charge in [-0.3, -0.25) is 0 Å². The SMILES string of the molecule is CCCNC(CC1CC1)c1c(C)cc(C)cc1OC. The fraction of sp³-hybridized carbons (Fsp3) is 0.647. The Morgan fingerprint density at radius 2 is 2.05 bits per heavy atom. The Labute approximate surface area is 117 Å². The van der Waals surface area contributed by atoms with E-state index in [-0.39, 0.29) is 0 Å². The zero-order valence-electron chi connectivity index (χ0n) is 12.8. The van der Waals surface area contributed by atoms with Gasteiger partial charge in [0.2, 0.25) is 0 Å². The van der Waals surface area contributed by atoms with Crippen LogP contribution in [-0.2, 0) is 0 Å². The van der Waals surface area contributed by atoms with Crippen LogP contribution >= 0.6 is 0 Å². The van der Waals surface area contributed by atoms with E-state index in [4.69, 9.17) is 4.74 Å². The standard InChI is InChI=1S/C17H27NO/c1-5-8-18-15(11-14-6-7-14)17-13(3)9-12(2)10-16(17)19-4/h9-10,14-15,18H,5-8,11H2,1-4H3. The molecule has 0 saturated heterocycles. The maximum Gasteiger partial charge on any atom is 0.124 e. The van der Waals surface area contributed by atoms with Crippen LogP contribution in [0.15, 0.2) is 12.1 Å². The number of methoxy groups -OCH3 is 1. The lowest BCUT2D eigenvalue weighted by Crippen LogP contribution is -2.24. The summed E-state index contributed by atoms with van der Waals surface area (Å²) in [6.07, 6.45) is 5.23. The molecule has 2 rings (SSSR count). The highest BCUT2D eigenvalue weighted by molar-refractivity contribution is 5.45. The van der Waals surface area contributed by atoms with E-state index in [1.807, 2.05) is 0 Å². The molecule has 2 nitrogen and oxygen atoms in total. The average Bonchev–Trinajstić information content (AvgIpc) is 3.18. The van der Waals surface area contributed by atoms with Gasteiger partial charge < -0.3 is 10.1 Å². The number of hydrogen-bond donors (Lipinski definition) is 1. The molecule has 1 aromatic carbocycles. The van der Waals surface area contributed by atoms with Crippen molar-refractivity contribution in [3.8, 4) is 5.75 Å². The predicted octanol–water partition coefficient (Wildman–Crippen LogP) is 4.15. The van der Waals surface area contributed by atoms with Crippen LogP contribution in [0.1, 0.15) is 55.3 Å².